The van der Waals surface area contributed by atoms with Crippen LogP contribution in [-0.4, -0.2) is 65.9 Å². The summed E-state index contributed by atoms with van der Waals surface area (Å²) in [5.74, 6) is 2.03. The molecular formula is C18H32N4O4S. The van der Waals surface area contributed by atoms with Gasteiger partial charge < -0.3 is 19.7 Å². The predicted molar refractivity (Wildman–Crippen MR) is 109 cm³/mol. The minimum Gasteiger partial charge on any atom is -0.493 e. The largest absolute Gasteiger partial charge is 0.493 e. The second-order valence-corrected chi connectivity index (χ2v) is 8.90. The van der Waals surface area contributed by atoms with Crippen molar-refractivity contribution in [2.24, 2.45) is 4.99 Å². The number of sulfonamides is 1. The summed E-state index contributed by atoms with van der Waals surface area (Å²) in [5.41, 5.74) is 1.50. The van der Waals surface area contributed by atoms with Crippen LogP contribution in [0.3, 0.4) is 0 Å². The van der Waals surface area contributed by atoms with E-state index in [1.165, 1.54) is 0 Å². The van der Waals surface area contributed by atoms with Crippen molar-refractivity contribution < 1.29 is 17.9 Å². The van der Waals surface area contributed by atoms with E-state index in [4.69, 9.17) is 9.47 Å². The molecule has 154 valence electrons. The maximum Gasteiger partial charge on any atom is 0.209 e. The molecule has 1 aromatic rings. The van der Waals surface area contributed by atoms with Gasteiger partial charge in [0.1, 0.15) is 0 Å². The number of aliphatic imine (C=N–C) groups is 1. The van der Waals surface area contributed by atoms with Gasteiger partial charge in [0.05, 0.1) is 20.5 Å². The van der Waals surface area contributed by atoms with Crippen LogP contribution in [0.4, 0.5) is 0 Å². The predicted octanol–water partition coefficient (Wildman–Crippen LogP) is 1.35. The molecule has 9 heteroatoms. The number of hydrogen-bond donors (Lipinski definition) is 2. The van der Waals surface area contributed by atoms with E-state index in [-0.39, 0.29) is 0 Å². The topological polar surface area (TPSA) is 92.3 Å². The Bertz CT molecular complexity index is 776. The molecule has 0 aliphatic rings. The Morgan fingerprint density at radius 1 is 1.22 bits per heavy atom. The zero-order valence-corrected chi connectivity index (χ0v) is 18.3. The van der Waals surface area contributed by atoms with Crippen LogP contribution in [0.2, 0.25) is 0 Å². The number of nitrogens with zero attached hydrogens (tertiary/aromatic N) is 2. The van der Waals surface area contributed by atoms with Crippen molar-refractivity contribution in [2.75, 3.05) is 41.1 Å². The van der Waals surface area contributed by atoms with Gasteiger partial charge in [-0.25, -0.2) is 13.1 Å². The maximum atomic E-state index is 11.5. The summed E-state index contributed by atoms with van der Waals surface area (Å²) in [6.07, 6.45) is 1.15. The highest BCUT2D eigenvalue weighted by Crippen LogP contribution is 2.30. The Hall–Kier alpha value is -2.00. The first-order chi connectivity index (χ1) is 12.4. The fourth-order valence-corrected chi connectivity index (χ4v) is 3.82. The number of nitrogens with one attached hydrogen (secondary N) is 2. The van der Waals surface area contributed by atoms with Crippen LogP contribution in [0.15, 0.2) is 17.1 Å². The molecule has 0 unspecified atom stereocenters. The zero-order valence-electron chi connectivity index (χ0n) is 17.5. The second-order valence-electron chi connectivity index (χ2n) is 7.15. The smallest absolute Gasteiger partial charge is 0.209 e. The number of benzene rings is 1. The second kappa shape index (κ2) is 9.27. The molecule has 1 rings (SSSR count). The average molecular weight is 401 g/mol. The van der Waals surface area contributed by atoms with Crippen molar-refractivity contribution in [3.63, 3.8) is 0 Å². The minimum atomic E-state index is -3.29. The Morgan fingerprint density at radius 3 is 2.26 bits per heavy atom. The molecule has 0 saturated carbocycles. The minimum absolute atomic E-state index is 0.391. The van der Waals surface area contributed by atoms with Crippen molar-refractivity contribution in [3.05, 3.63) is 23.3 Å². The van der Waals surface area contributed by atoms with Crippen molar-refractivity contribution in [2.45, 2.75) is 32.9 Å². The highest BCUT2D eigenvalue weighted by Gasteiger charge is 2.23. The highest BCUT2D eigenvalue weighted by atomic mass is 32.2. The average Bonchev–Trinajstić information content (AvgIpc) is 2.54. The Kier molecular flexibility index (Phi) is 7.91. The SMILES string of the molecule is CN=C(NCC(C)(C)NS(C)(=O)=O)N(C)Cc1cc(OC)c(OC)cc1C. The highest BCUT2D eigenvalue weighted by molar-refractivity contribution is 7.88. The summed E-state index contributed by atoms with van der Waals surface area (Å²) in [7, 11) is 3.54. The first-order valence-corrected chi connectivity index (χ1v) is 10.4. The van der Waals surface area contributed by atoms with E-state index in [2.05, 4.69) is 15.0 Å². The van der Waals surface area contributed by atoms with Gasteiger partial charge in [0.15, 0.2) is 17.5 Å². The molecule has 0 spiro atoms. The van der Waals surface area contributed by atoms with E-state index in [0.29, 0.717) is 30.5 Å². The third-order valence-corrected chi connectivity index (χ3v) is 4.90. The number of hydrogen-bond acceptors (Lipinski definition) is 5. The first-order valence-electron chi connectivity index (χ1n) is 8.54. The summed E-state index contributed by atoms with van der Waals surface area (Å²) in [6.45, 7) is 6.63. The fourth-order valence-electron chi connectivity index (χ4n) is 2.75. The van der Waals surface area contributed by atoms with E-state index < -0.39 is 15.6 Å². The molecule has 0 aromatic heterocycles. The van der Waals surface area contributed by atoms with Gasteiger partial charge in [0.2, 0.25) is 10.0 Å². The number of guanidine groups is 1. The van der Waals surface area contributed by atoms with E-state index in [1.807, 2.05) is 44.9 Å². The van der Waals surface area contributed by atoms with E-state index in [1.54, 1.807) is 21.3 Å². The lowest BCUT2D eigenvalue weighted by atomic mass is 10.1. The molecule has 0 heterocycles. The number of methoxy groups -OCH3 is 2. The van der Waals surface area contributed by atoms with Crippen LogP contribution in [0.5, 0.6) is 11.5 Å². The number of rotatable bonds is 8. The molecule has 2 N–H and O–H groups in total. The molecule has 0 fully saturated rings. The normalized spacial score (nSPS) is 12.7. The van der Waals surface area contributed by atoms with Crippen LogP contribution in [0.1, 0.15) is 25.0 Å². The molecule has 27 heavy (non-hydrogen) atoms. The van der Waals surface area contributed by atoms with E-state index in [0.717, 1.165) is 17.4 Å². The quantitative estimate of drug-likeness (QED) is 0.505. The van der Waals surface area contributed by atoms with Crippen molar-refractivity contribution in [1.29, 1.82) is 0 Å². The van der Waals surface area contributed by atoms with Crippen LogP contribution in [-0.2, 0) is 16.6 Å². The van der Waals surface area contributed by atoms with Gasteiger partial charge in [0.25, 0.3) is 0 Å². The Balaban J connectivity index is 2.87. The molecule has 1 aromatic carbocycles. The standard InChI is InChI=1S/C18H32N4O4S/c1-13-9-15(25-6)16(26-7)10-14(13)11-22(5)17(19-4)20-12-18(2,3)21-27(8,23)24/h9-10,21H,11-12H2,1-8H3,(H,19,20). The van der Waals surface area contributed by atoms with Gasteiger partial charge >= 0.3 is 0 Å². The maximum absolute atomic E-state index is 11.5. The molecule has 0 atom stereocenters. The van der Waals surface area contributed by atoms with Gasteiger partial charge in [-0.2, -0.15) is 0 Å². The van der Waals surface area contributed by atoms with Crippen molar-refractivity contribution in [3.8, 4) is 11.5 Å². The zero-order chi connectivity index (χ0) is 20.8. The molecule has 0 radical (unpaired) electrons. The Morgan fingerprint density at radius 2 is 1.78 bits per heavy atom. The molecule has 0 aliphatic carbocycles. The summed E-state index contributed by atoms with van der Waals surface area (Å²) >= 11 is 0. The van der Waals surface area contributed by atoms with Crippen LogP contribution < -0.4 is 19.5 Å². The van der Waals surface area contributed by atoms with Gasteiger partial charge in [-0.05, 0) is 44.0 Å². The van der Waals surface area contributed by atoms with Gasteiger partial charge in [0, 0.05) is 32.7 Å². The summed E-state index contributed by atoms with van der Waals surface area (Å²) in [4.78, 5) is 6.25. The lowest BCUT2D eigenvalue weighted by Gasteiger charge is -2.29. The lowest BCUT2D eigenvalue weighted by Crippen LogP contribution is -2.53. The number of ether oxygens (including phenoxy) is 2. The van der Waals surface area contributed by atoms with E-state index >= 15 is 0 Å². The monoisotopic (exact) mass is 400 g/mol. The van der Waals surface area contributed by atoms with Crippen LogP contribution in [0, 0.1) is 6.92 Å². The molecule has 0 bridgehead atoms. The lowest BCUT2D eigenvalue weighted by molar-refractivity contribution is 0.353. The van der Waals surface area contributed by atoms with Crippen LogP contribution >= 0.6 is 0 Å². The van der Waals surface area contributed by atoms with Gasteiger partial charge in [-0.1, -0.05) is 0 Å². The van der Waals surface area contributed by atoms with Crippen LogP contribution in [0.25, 0.3) is 0 Å². The summed E-state index contributed by atoms with van der Waals surface area (Å²) in [6, 6.07) is 3.89. The Labute approximate surface area is 163 Å². The molecule has 0 amide bonds. The van der Waals surface area contributed by atoms with Gasteiger partial charge in [-0.3, -0.25) is 4.99 Å². The third-order valence-electron chi connectivity index (χ3n) is 3.97. The molecule has 0 aliphatic heterocycles. The summed E-state index contributed by atoms with van der Waals surface area (Å²) in [5, 5.41) is 3.22. The van der Waals surface area contributed by atoms with E-state index in [9.17, 15) is 8.42 Å². The molecule has 8 nitrogen and oxygen atoms in total. The molecular weight excluding hydrogens is 368 g/mol. The summed E-state index contributed by atoms with van der Waals surface area (Å²) < 4.78 is 36.3. The van der Waals surface area contributed by atoms with Crippen molar-refractivity contribution in [1.82, 2.24) is 14.9 Å². The van der Waals surface area contributed by atoms with Crippen molar-refractivity contribution >= 4 is 16.0 Å². The number of aryl methyl sites for hydroxylation is 1. The van der Waals surface area contributed by atoms with Gasteiger partial charge in [-0.15, -0.1) is 0 Å². The molecule has 0 saturated heterocycles. The third kappa shape index (κ3) is 7.26. The first kappa shape index (κ1) is 23.0. The fraction of sp³-hybridized carbons (Fsp3) is 0.611.